The molecule has 0 aromatic carbocycles. The first-order valence-corrected chi connectivity index (χ1v) is 12.7. The van der Waals surface area contributed by atoms with Crippen molar-refractivity contribution in [3.8, 4) is 17.4 Å². The topological polar surface area (TPSA) is 134 Å². The summed E-state index contributed by atoms with van der Waals surface area (Å²) in [6, 6.07) is 5.21. The number of halogens is 1. The number of methoxy groups -OCH3 is 2. The SMILES string of the molecule is CCC(CC)n1c(NS(=O)(=O)C(C)C(OC)c2ncc(Cl)cn2)nnc1-c1cccc(OC)n1. The highest BCUT2D eigenvalue weighted by Gasteiger charge is 2.34. The van der Waals surface area contributed by atoms with Crippen molar-refractivity contribution >= 4 is 27.6 Å². The Morgan fingerprint density at radius 1 is 1.12 bits per heavy atom. The van der Waals surface area contributed by atoms with Crippen LogP contribution in [0.25, 0.3) is 11.5 Å². The molecule has 2 atom stereocenters. The van der Waals surface area contributed by atoms with Gasteiger partial charge in [-0.2, -0.15) is 0 Å². The van der Waals surface area contributed by atoms with Crippen LogP contribution in [0, 0.1) is 0 Å². The van der Waals surface area contributed by atoms with Crippen molar-refractivity contribution in [2.45, 2.75) is 51.0 Å². The van der Waals surface area contributed by atoms with Gasteiger partial charge in [-0.1, -0.05) is 31.5 Å². The summed E-state index contributed by atoms with van der Waals surface area (Å²) in [5.74, 6) is 1.14. The molecule has 0 aliphatic heterocycles. The predicted octanol–water partition coefficient (Wildman–Crippen LogP) is 3.67. The number of pyridine rings is 1. The second-order valence-electron chi connectivity index (χ2n) is 7.52. The Morgan fingerprint density at radius 3 is 2.38 bits per heavy atom. The van der Waals surface area contributed by atoms with E-state index in [0.717, 1.165) is 12.8 Å². The molecule has 3 aromatic rings. The molecule has 0 saturated heterocycles. The Labute approximate surface area is 204 Å². The lowest BCUT2D eigenvalue weighted by Crippen LogP contribution is -2.33. The number of aromatic nitrogens is 6. The predicted molar refractivity (Wildman–Crippen MR) is 128 cm³/mol. The maximum Gasteiger partial charge on any atom is 0.240 e. The highest BCUT2D eigenvalue weighted by Crippen LogP contribution is 2.31. The van der Waals surface area contributed by atoms with Gasteiger partial charge in [0.2, 0.25) is 21.9 Å². The number of ether oxygens (including phenoxy) is 2. The average Bonchev–Trinajstić information content (AvgIpc) is 3.24. The zero-order valence-corrected chi connectivity index (χ0v) is 21.2. The first-order valence-electron chi connectivity index (χ1n) is 10.7. The molecule has 3 aromatic heterocycles. The Balaban J connectivity index is 2.00. The van der Waals surface area contributed by atoms with Gasteiger partial charge in [0.05, 0.1) is 12.1 Å². The number of rotatable bonds is 11. The molecule has 3 rings (SSSR count). The second-order valence-corrected chi connectivity index (χ2v) is 9.99. The van der Waals surface area contributed by atoms with Gasteiger partial charge < -0.3 is 9.47 Å². The fraction of sp³-hybridized carbons (Fsp3) is 0.476. The summed E-state index contributed by atoms with van der Waals surface area (Å²) >= 11 is 5.86. The summed E-state index contributed by atoms with van der Waals surface area (Å²) in [5.41, 5.74) is 0.515. The number of sulfonamides is 1. The minimum atomic E-state index is -3.99. The number of nitrogens with one attached hydrogen (secondary N) is 1. The molecule has 0 spiro atoms. The van der Waals surface area contributed by atoms with Crippen molar-refractivity contribution in [2.24, 2.45) is 0 Å². The first kappa shape index (κ1) is 25.8. The molecule has 11 nitrogen and oxygen atoms in total. The second kappa shape index (κ2) is 11.1. The Kier molecular flexibility index (Phi) is 8.39. The normalized spacial score (nSPS) is 13.6. The molecule has 0 amide bonds. The number of anilines is 1. The van der Waals surface area contributed by atoms with Crippen LogP contribution in [0.4, 0.5) is 5.95 Å². The van der Waals surface area contributed by atoms with Gasteiger partial charge in [-0.15, -0.1) is 10.2 Å². The van der Waals surface area contributed by atoms with Gasteiger partial charge in [0.25, 0.3) is 0 Å². The zero-order chi connectivity index (χ0) is 24.9. The van der Waals surface area contributed by atoms with Crippen LogP contribution in [0.5, 0.6) is 5.88 Å². The molecule has 13 heteroatoms. The summed E-state index contributed by atoms with van der Waals surface area (Å²) in [6.07, 6.45) is 3.31. The van der Waals surface area contributed by atoms with Crippen LogP contribution >= 0.6 is 11.6 Å². The molecule has 184 valence electrons. The van der Waals surface area contributed by atoms with E-state index in [1.54, 1.807) is 22.8 Å². The van der Waals surface area contributed by atoms with Gasteiger partial charge >= 0.3 is 0 Å². The largest absolute Gasteiger partial charge is 0.481 e. The van der Waals surface area contributed by atoms with Crippen molar-refractivity contribution < 1.29 is 17.9 Å². The third-order valence-corrected chi connectivity index (χ3v) is 7.35. The summed E-state index contributed by atoms with van der Waals surface area (Å²) in [4.78, 5) is 12.7. The molecule has 0 radical (unpaired) electrons. The van der Waals surface area contributed by atoms with E-state index in [1.165, 1.54) is 33.5 Å². The van der Waals surface area contributed by atoms with Gasteiger partial charge in [-0.05, 0) is 25.8 Å². The Bertz CT molecular complexity index is 1200. The minimum Gasteiger partial charge on any atom is -0.481 e. The van der Waals surface area contributed by atoms with Gasteiger partial charge in [0.15, 0.2) is 11.6 Å². The quantitative estimate of drug-likeness (QED) is 0.410. The van der Waals surface area contributed by atoms with E-state index in [9.17, 15) is 8.42 Å². The molecule has 34 heavy (non-hydrogen) atoms. The van der Waals surface area contributed by atoms with E-state index in [2.05, 4.69) is 29.9 Å². The van der Waals surface area contributed by atoms with Gasteiger partial charge in [0, 0.05) is 31.6 Å². The molecular weight excluding hydrogens is 482 g/mol. The molecule has 3 heterocycles. The minimum absolute atomic E-state index is 0.0659. The van der Waals surface area contributed by atoms with E-state index < -0.39 is 21.4 Å². The third kappa shape index (κ3) is 5.45. The highest BCUT2D eigenvalue weighted by atomic mass is 35.5. The monoisotopic (exact) mass is 509 g/mol. The first-order chi connectivity index (χ1) is 16.2. The molecule has 0 fully saturated rings. The molecular formula is C21H28ClN7O4S. The van der Waals surface area contributed by atoms with Crippen LogP contribution in [0.2, 0.25) is 5.02 Å². The Morgan fingerprint density at radius 2 is 1.79 bits per heavy atom. The van der Waals surface area contributed by atoms with Crippen molar-refractivity contribution in [3.05, 3.63) is 41.4 Å². The van der Waals surface area contributed by atoms with Crippen LogP contribution in [-0.4, -0.2) is 57.6 Å². The molecule has 0 aliphatic rings. The molecule has 0 bridgehead atoms. The molecule has 1 N–H and O–H groups in total. The van der Waals surface area contributed by atoms with Crippen LogP contribution in [0.1, 0.15) is 51.6 Å². The maximum absolute atomic E-state index is 13.3. The Hall–Kier alpha value is -2.83. The lowest BCUT2D eigenvalue weighted by Gasteiger charge is -2.23. The van der Waals surface area contributed by atoms with E-state index in [0.29, 0.717) is 22.4 Å². The van der Waals surface area contributed by atoms with Crippen LogP contribution in [0.3, 0.4) is 0 Å². The van der Waals surface area contributed by atoms with Crippen molar-refractivity contribution in [1.82, 2.24) is 29.7 Å². The van der Waals surface area contributed by atoms with E-state index in [1.807, 2.05) is 13.8 Å². The summed E-state index contributed by atoms with van der Waals surface area (Å²) in [5, 5.41) is 7.69. The van der Waals surface area contributed by atoms with Crippen molar-refractivity contribution in [2.75, 3.05) is 18.9 Å². The van der Waals surface area contributed by atoms with Gasteiger partial charge in [-0.25, -0.2) is 23.4 Å². The number of nitrogens with zero attached hydrogens (tertiary/aromatic N) is 6. The van der Waals surface area contributed by atoms with E-state index >= 15 is 0 Å². The maximum atomic E-state index is 13.3. The molecule has 2 unspecified atom stereocenters. The molecule has 0 aliphatic carbocycles. The smallest absolute Gasteiger partial charge is 0.240 e. The summed E-state index contributed by atoms with van der Waals surface area (Å²) < 4.78 is 41.7. The highest BCUT2D eigenvalue weighted by molar-refractivity contribution is 7.93. The lowest BCUT2D eigenvalue weighted by molar-refractivity contribution is 0.0950. The van der Waals surface area contributed by atoms with E-state index in [4.69, 9.17) is 21.1 Å². The fourth-order valence-electron chi connectivity index (χ4n) is 3.55. The van der Waals surface area contributed by atoms with E-state index in [-0.39, 0.29) is 17.8 Å². The van der Waals surface area contributed by atoms with Crippen LogP contribution in [0.15, 0.2) is 30.6 Å². The van der Waals surface area contributed by atoms with Gasteiger partial charge in [0.1, 0.15) is 17.0 Å². The number of hydrogen-bond acceptors (Lipinski definition) is 9. The average molecular weight is 510 g/mol. The third-order valence-electron chi connectivity index (χ3n) is 5.46. The van der Waals surface area contributed by atoms with Crippen LogP contribution in [-0.2, 0) is 14.8 Å². The fourth-order valence-corrected chi connectivity index (χ4v) is 4.78. The summed E-state index contributed by atoms with van der Waals surface area (Å²) in [7, 11) is -1.07. The molecule has 0 saturated carbocycles. The lowest BCUT2D eigenvalue weighted by atomic mass is 10.1. The standard InChI is InChI=1S/C21H28ClN7O4S/c1-6-15(7-2)29-20(16-9-8-10-17(25-16)32-4)26-27-21(29)28-34(30,31)13(3)18(33-5)19-23-11-14(22)12-24-19/h8-13,15,18H,6-7H2,1-5H3,(H,27,28). The van der Waals surface area contributed by atoms with Crippen molar-refractivity contribution in [3.63, 3.8) is 0 Å². The van der Waals surface area contributed by atoms with Crippen LogP contribution < -0.4 is 9.46 Å². The summed E-state index contributed by atoms with van der Waals surface area (Å²) in [6.45, 7) is 5.53. The van der Waals surface area contributed by atoms with Crippen molar-refractivity contribution in [1.29, 1.82) is 0 Å². The number of hydrogen-bond donors (Lipinski definition) is 1. The zero-order valence-electron chi connectivity index (χ0n) is 19.6. The van der Waals surface area contributed by atoms with Gasteiger partial charge in [-0.3, -0.25) is 9.29 Å².